The third-order valence-electron chi connectivity index (χ3n) is 3.44. The minimum Gasteiger partial charge on any atom is -0.356 e. The predicted molar refractivity (Wildman–Crippen MR) is 67.1 cm³/mol. The van der Waals surface area contributed by atoms with Crippen LogP contribution in [-0.4, -0.2) is 19.0 Å². The number of carbonyl (C=O) groups excluding carboxylic acids is 1. The molecule has 0 spiro atoms. The lowest BCUT2D eigenvalue weighted by Gasteiger charge is -2.08. The smallest absolute Gasteiger partial charge is 0.219 e. The second-order valence-electron chi connectivity index (χ2n) is 4.89. The Balaban J connectivity index is 1.89. The van der Waals surface area contributed by atoms with E-state index in [4.69, 9.17) is 5.73 Å². The number of amides is 1. The summed E-state index contributed by atoms with van der Waals surface area (Å²) in [6.45, 7) is 1.51. The van der Waals surface area contributed by atoms with Crippen molar-refractivity contribution in [2.24, 2.45) is 11.7 Å². The zero-order chi connectivity index (χ0) is 11.6. The monoisotopic (exact) mass is 226 g/mol. The maximum atomic E-state index is 11.4. The summed E-state index contributed by atoms with van der Waals surface area (Å²) in [5.41, 5.74) is 5.38. The van der Waals surface area contributed by atoms with Gasteiger partial charge >= 0.3 is 0 Å². The summed E-state index contributed by atoms with van der Waals surface area (Å²) in [7, 11) is 0. The quantitative estimate of drug-likeness (QED) is 0.623. The first-order chi connectivity index (χ1) is 7.83. The van der Waals surface area contributed by atoms with E-state index in [0.29, 0.717) is 6.42 Å². The van der Waals surface area contributed by atoms with E-state index in [-0.39, 0.29) is 5.91 Å². The molecule has 0 saturated heterocycles. The van der Waals surface area contributed by atoms with E-state index in [2.05, 4.69) is 5.32 Å². The van der Waals surface area contributed by atoms with E-state index in [1.54, 1.807) is 0 Å². The van der Waals surface area contributed by atoms with Crippen LogP contribution in [0.2, 0.25) is 0 Å². The van der Waals surface area contributed by atoms with Gasteiger partial charge in [-0.25, -0.2) is 0 Å². The number of carbonyl (C=O) groups is 1. The zero-order valence-electron chi connectivity index (χ0n) is 10.3. The molecule has 3 nitrogen and oxygen atoms in total. The molecule has 3 heteroatoms. The lowest BCUT2D eigenvalue weighted by atomic mass is 10.0. The molecule has 0 aromatic rings. The molecular formula is C13H26N2O. The van der Waals surface area contributed by atoms with Gasteiger partial charge in [0.15, 0.2) is 0 Å². The highest BCUT2D eigenvalue weighted by molar-refractivity contribution is 5.75. The lowest BCUT2D eigenvalue weighted by Crippen LogP contribution is -2.24. The van der Waals surface area contributed by atoms with Gasteiger partial charge in [-0.05, 0) is 38.1 Å². The standard InChI is InChI=1S/C13H26N2O/c14-10-3-4-11-15-13(16)9-5-8-12-6-1-2-7-12/h12H,1-11,14H2,(H,15,16). The summed E-state index contributed by atoms with van der Waals surface area (Å²) < 4.78 is 0. The van der Waals surface area contributed by atoms with Gasteiger partial charge in [0.1, 0.15) is 0 Å². The van der Waals surface area contributed by atoms with Crippen LogP contribution >= 0.6 is 0 Å². The summed E-state index contributed by atoms with van der Waals surface area (Å²) in [6.07, 6.45) is 10.6. The summed E-state index contributed by atoms with van der Waals surface area (Å²) >= 11 is 0. The Labute approximate surface area is 99.2 Å². The topological polar surface area (TPSA) is 55.1 Å². The van der Waals surface area contributed by atoms with Gasteiger partial charge in [0.25, 0.3) is 0 Å². The molecule has 1 aliphatic carbocycles. The molecule has 0 radical (unpaired) electrons. The Morgan fingerprint density at radius 1 is 1.19 bits per heavy atom. The van der Waals surface area contributed by atoms with Gasteiger partial charge in [0.2, 0.25) is 5.91 Å². The average molecular weight is 226 g/mol. The van der Waals surface area contributed by atoms with Crippen LogP contribution in [-0.2, 0) is 4.79 Å². The molecule has 1 saturated carbocycles. The normalized spacial score (nSPS) is 16.6. The highest BCUT2D eigenvalue weighted by atomic mass is 16.1. The van der Waals surface area contributed by atoms with Gasteiger partial charge in [0, 0.05) is 13.0 Å². The van der Waals surface area contributed by atoms with Crippen molar-refractivity contribution in [3.05, 3.63) is 0 Å². The number of hydrogen-bond donors (Lipinski definition) is 2. The van der Waals surface area contributed by atoms with Gasteiger partial charge in [-0.1, -0.05) is 25.7 Å². The number of unbranched alkanes of at least 4 members (excludes halogenated alkanes) is 1. The maximum absolute atomic E-state index is 11.4. The van der Waals surface area contributed by atoms with Crippen molar-refractivity contribution >= 4 is 5.91 Å². The van der Waals surface area contributed by atoms with E-state index < -0.39 is 0 Å². The van der Waals surface area contributed by atoms with Crippen molar-refractivity contribution in [1.82, 2.24) is 5.32 Å². The fraction of sp³-hybridized carbons (Fsp3) is 0.923. The predicted octanol–water partition coefficient (Wildman–Crippen LogP) is 2.20. The van der Waals surface area contributed by atoms with Crippen molar-refractivity contribution in [1.29, 1.82) is 0 Å². The molecule has 1 amide bonds. The molecule has 0 aromatic carbocycles. The first kappa shape index (κ1) is 13.5. The van der Waals surface area contributed by atoms with Gasteiger partial charge in [-0.3, -0.25) is 4.79 Å². The highest BCUT2D eigenvalue weighted by Gasteiger charge is 2.14. The second-order valence-corrected chi connectivity index (χ2v) is 4.89. The number of hydrogen-bond acceptors (Lipinski definition) is 2. The van der Waals surface area contributed by atoms with E-state index >= 15 is 0 Å². The van der Waals surface area contributed by atoms with Crippen LogP contribution in [0.1, 0.15) is 57.8 Å². The van der Waals surface area contributed by atoms with Gasteiger partial charge in [-0.15, -0.1) is 0 Å². The number of nitrogens with two attached hydrogens (primary N) is 1. The van der Waals surface area contributed by atoms with Crippen LogP contribution in [0.4, 0.5) is 0 Å². The molecule has 94 valence electrons. The van der Waals surface area contributed by atoms with E-state index in [9.17, 15) is 4.79 Å². The van der Waals surface area contributed by atoms with Crippen LogP contribution in [0.25, 0.3) is 0 Å². The molecule has 16 heavy (non-hydrogen) atoms. The summed E-state index contributed by atoms with van der Waals surface area (Å²) in [5, 5.41) is 2.95. The second kappa shape index (κ2) is 8.57. The van der Waals surface area contributed by atoms with Gasteiger partial charge in [0.05, 0.1) is 0 Å². The minimum absolute atomic E-state index is 0.218. The highest BCUT2D eigenvalue weighted by Crippen LogP contribution is 2.28. The van der Waals surface area contributed by atoms with Gasteiger partial charge in [-0.2, -0.15) is 0 Å². The molecule has 0 aliphatic heterocycles. The first-order valence-electron chi connectivity index (χ1n) is 6.79. The number of nitrogens with one attached hydrogen (secondary N) is 1. The summed E-state index contributed by atoms with van der Waals surface area (Å²) in [5.74, 6) is 1.13. The Kier molecular flexibility index (Phi) is 7.23. The first-order valence-corrected chi connectivity index (χ1v) is 6.79. The Morgan fingerprint density at radius 3 is 2.62 bits per heavy atom. The fourth-order valence-electron chi connectivity index (χ4n) is 2.44. The van der Waals surface area contributed by atoms with E-state index in [1.807, 2.05) is 0 Å². The largest absolute Gasteiger partial charge is 0.356 e. The lowest BCUT2D eigenvalue weighted by molar-refractivity contribution is -0.121. The third kappa shape index (κ3) is 6.11. The van der Waals surface area contributed by atoms with E-state index in [0.717, 1.165) is 38.3 Å². The van der Waals surface area contributed by atoms with Gasteiger partial charge < -0.3 is 11.1 Å². The number of rotatable bonds is 8. The van der Waals surface area contributed by atoms with Crippen LogP contribution < -0.4 is 11.1 Å². The SMILES string of the molecule is NCCCCNC(=O)CCCC1CCCC1. The van der Waals surface area contributed by atoms with Crippen molar-refractivity contribution < 1.29 is 4.79 Å². The molecule has 0 unspecified atom stereocenters. The molecule has 1 rings (SSSR count). The summed E-state index contributed by atoms with van der Waals surface area (Å²) in [6, 6.07) is 0. The molecule has 0 aromatic heterocycles. The molecule has 0 heterocycles. The van der Waals surface area contributed by atoms with Crippen molar-refractivity contribution in [3.63, 3.8) is 0 Å². The van der Waals surface area contributed by atoms with Crippen LogP contribution in [0.15, 0.2) is 0 Å². The fourth-order valence-corrected chi connectivity index (χ4v) is 2.44. The molecule has 1 fully saturated rings. The Bertz CT molecular complexity index is 188. The maximum Gasteiger partial charge on any atom is 0.219 e. The van der Waals surface area contributed by atoms with Crippen molar-refractivity contribution in [3.8, 4) is 0 Å². The minimum atomic E-state index is 0.218. The zero-order valence-corrected chi connectivity index (χ0v) is 10.3. The molecule has 3 N–H and O–H groups in total. The molecule has 0 bridgehead atoms. The third-order valence-corrected chi connectivity index (χ3v) is 3.44. The summed E-state index contributed by atoms with van der Waals surface area (Å²) in [4.78, 5) is 11.4. The average Bonchev–Trinajstić information content (AvgIpc) is 2.77. The molecule has 0 atom stereocenters. The van der Waals surface area contributed by atoms with Crippen LogP contribution in [0.5, 0.6) is 0 Å². The molecular weight excluding hydrogens is 200 g/mol. The molecule has 1 aliphatic rings. The van der Waals surface area contributed by atoms with E-state index in [1.165, 1.54) is 32.1 Å². The Hall–Kier alpha value is -0.570. The van der Waals surface area contributed by atoms with Crippen LogP contribution in [0, 0.1) is 5.92 Å². The van der Waals surface area contributed by atoms with Crippen molar-refractivity contribution in [2.45, 2.75) is 57.8 Å². The Morgan fingerprint density at radius 2 is 1.94 bits per heavy atom. The van der Waals surface area contributed by atoms with Crippen molar-refractivity contribution in [2.75, 3.05) is 13.1 Å². The van der Waals surface area contributed by atoms with Crippen LogP contribution in [0.3, 0.4) is 0 Å².